The summed E-state index contributed by atoms with van der Waals surface area (Å²) in [6.45, 7) is 3.91. The SMILES string of the molecule is CN1CCC2(CC1)CCN(c1noc(-c3ccccc3)c1C(=O)O)C2. The number of piperidine rings is 1. The van der Waals surface area contributed by atoms with Crippen molar-refractivity contribution in [2.45, 2.75) is 19.3 Å². The fourth-order valence-electron chi connectivity index (χ4n) is 4.09. The first kappa shape index (κ1) is 16.1. The molecule has 2 aliphatic rings. The third kappa shape index (κ3) is 2.91. The number of nitrogens with zero attached hydrogens (tertiary/aromatic N) is 3. The molecule has 0 bridgehead atoms. The molecule has 0 unspecified atom stereocenters. The number of benzene rings is 1. The second-order valence-corrected chi connectivity index (χ2v) is 7.36. The fraction of sp³-hybridized carbons (Fsp3) is 0.474. The first-order valence-electron chi connectivity index (χ1n) is 8.80. The minimum Gasteiger partial charge on any atom is -0.477 e. The van der Waals surface area contributed by atoms with E-state index in [4.69, 9.17) is 4.52 Å². The molecule has 2 saturated heterocycles. The maximum Gasteiger partial charge on any atom is 0.343 e. The van der Waals surface area contributed by atoms with Crippen molar-refractivity contribution in [3.05, 3.63) is 35.9 Å². The highest BCUT2D eigenvalue weighted by molar-refractivity contribution is 5.99. The highest BCUT2D eigenvalue weighted by Gasteiger charge is 2.42. The lowest BCUT2D eigenvalue weighted by Crippen LogP contribution is -2.39. The van der Waals surface area contributed by atoms with Crippen LogP contribution in [-0.2, 0) is 0 Å². The Balaban J connectivity index is 1.63. The second kappa shape index (κ2) is 6.19. The number of carbonyl (C=O) groups is 1. The molecule has 1 N–H and O–H groups in total. The summed E-state index contributed by atoms with van der Waals surface area (Å²) in [6.07, 6.45) is 3.41. The molecule has 132 valence electrons. The Bertz CT molecular complexity index is 763. The molecular formula is C19H23N3O3. The van der Waals surface area contributed by atoms with Gasteiger partial charge in [-0.15, -0.1) is 0 Å². The molecule has 25 heavy (non-hydrogen) atoms. The largest absolute Gasteiger partial charge is 0.477 e. The minimum absolute atomic E-state index is 0.177. The Hall–Kier alpha value is -2.34. The van der Waals surface area contributed by atoms with Gasteiger partial charge in [0.1, 0.15) is 0 Å². The van der Waals surface area contributed by atoms with E-state index in [1.165, 1.54) is 0 Å². The van der Waals surface area contributed by atoms with E-state index in [0.29, 0.717) is 11.6 Å². The smallest absolute Gasteiger partial charge is 0.343 e. The Morgan fingerprint density at radius 1 is 1.16 bits per heavy atom. The van der Waals surface area contributed by atoms with Crippen LogP contribution in [0.15, 0.2) is 34.9 Å². The number of likely N-dealkylation sites (tertiary alicyclic amines) is 1. The van der Waals surface area contributed by atoms with E-state index in [2.05, 4.69) is 22.0 Å². The molecule has 4 rings (SSSR count). The van der Waals surface area contributed by atoms with Gasteiger partial charge in [0.05, 0.1) is 0 Å². The van der Waals surface area contributed by atoms with Crippen molar-refractivity contribution >= 4 is 11.8 Å². The monoisotopic (exact) mass is 341 g/mol. The van der Waals surface area contributed by atoms with E-state index in [9.17, 15) is 9.90 Å². The van der Waals surface area contributed by atoms with Crippen LogP contribution in [0, 0.1) is 5.41 Å². The van der Waals surface area contributed by atoms with E-state index >= 15 is 0 Å². The van der Waals surface area contributed by atoms with Crippen molar-refractivity contribution in [1.29, 1.82) is 0 Å². The average molecular weight is 341 g/mol. The Labute approximate surface area is 147 Å². The summed E-state index contributed by atoms with van der Waals surface area (Å²) in [5, 5.41) is 13.9. The van der Waals surface area contributed by atoms with Crippen LogP contribution in [0.1, 0.15) is 29.6 Å². The average Bonchev–Trinajstić information content (AvgIpc) is 3.23. The normalized spacial score (nSPS) is 20.3. The van der Waals surface area contributed by atoms with E-state index in [0.717, 1.165) is 51.0 Å². The van der Waals surface area contributed by atoms with Gasteiger partial charge in [-0.25, -0.2) is 4.79 Å². The number of anilines is 1. The standard InChI is InChI=1S/C19H23N3O3/c1-21-10-7-19(8-11-21)9-12-22(13-19)17-15(18(23)24)16(25-20-17)14-5-3-2-4-6-14/h2-6H,7-13H2,1H3,(H,23,24). The van der Waals surface area contributed by atoms with Crippen LogP contribution in [-0.4, -0.2) is 54.4 Å². The van der Waals surface area contributed by atoms with Crippen LogP contribution in [0.4, 0.5) is 5.82 Å². The number of carboxylic acid groups (broad SMARTS) is 1. The zero-order valence-corrected chi connectivity index (χ0v) is 14.4. The predicted octanol–water partition coefficient (Wildman–Crippen LogP) is 2.96. The Kier molecular flexibility index (Phi) is 4.00. The van der Waals surface area contributed by atoms with Gasteiger partial charge in [0.25, 0.3) is 0 Å². The number of hydrogen-bond donors (Lipinski definition) is 1. The Morgan fingerprint density at radius 2 is 1.84 bits per heavy atom. The molecule has 6 heteroatoms. The van der Waals surface area contributed by atoms with Crippen molar-refractivity contribution in [2.75, 3.05) is 38.1 Å². The van der Waals surface area contributed by atoms with Crippen molar-refractivity contribution in [1.82, 2.24) is 10.1 Å². The maximum absolute atomic E-state index is 11.9. The molecule has 2 aliphatic heterocycles. The number of aromatic carboxylic acids is 1. The number of carboxylic acids is 1. The summed E-state index contributed by atoms with van der Waals surface area (Å²) in [5.74, 6) is -0.172. The first-order chi connectivity index (χ1) is 12.1. The molecule has 2 aromatic rings. The zero-order chi connectivity index (χ0) is 17.4. The van der Waals surface area contributed by atoms with Gasteiger partial charge in [0, 0.05) is 18.7 Å². The molecule has 0 saturated carbocycles. The molecule has 1 spiro atoms. The van der Waals surface area contributed by atoms with Crippen LogP contribution >= 0.6 is 0 Å². The van der Waals surface area contributed by atoms with Crippen molar-refractivity contribution in [3.63, 3.8) is 0 Å². The summed E-state index contributed by atoms with van der Waals surface area (Å²) in [5.41, 5.74) is 1.21. The highest BCUT2D eigenvalue weighted by atomic mass is 16.5. The van der Waals surface area contributed by atoms with Crippen LogP contribution in [0.25, 0.3) is 11.3 Å². The molecule has 3 heterocycles. The quantitative estimate of drug-likeness (QED) is 0.925. The van der Waals surface area contributed by atoms with Crippen LogP contribution in [0.3, 0.4) is 0 Å². The number of rotatable bonds is 3. The first-order valence-corrected chi connectivity index (χ1v) is 8.80. The lowest BCUT2D eigenvalue weighted by atomic mass is 9.78. The maximum atomic E-state index is 11.9. The topological polar surface area (TPSA) is 69.8 Å². The van der Waals surface area contributed by atoms with Gasteiger partial charge >= 0.3 is 5.97 Å². The second-order valence-electron chi connectivity index (χ2n) is 7.36. The van der Waals surface area contributed by atoms with Crippen LogP contribution < -0.4 is 4.90 Å². The summed E-state index contributed by atoms with van der Waals surface area (Å²) < 4.78 is 5.47. The third-order valence-corrected chi connectivity index (χ3v) is 5.71. The zero-order valence-electron chi connectivity index (χ0n) is 14.4. The molecule has 1 aromatic carbocycles. The van der Waals surface area contributed by atoms with Gasteiger partial charge in [-0.05, 0) is 44.8 Å². The molecule has 0 radical (unpaired) electrons. The van der Waals surface area contributed by atoms with Crippen LogP contribution in [0.2, 0.25) is 0 Å². The Morgan fingerprint density at radius 3 is 2.52 bits per heavy atom. The predicted molar refractivity (Wildman–Crippen MR) is 94.9 cm³/mol. The van der Waals surface area contributed by atoms with Gasteiger partial charge in [-0.1, -0.05) is 35.5 Å². The van der Waals surface area contributed by atoms with E-state index in [-0.39, 0.29) is 11.0 Å². The van der Waals surface area contributed by atoms with E-state index < -0.39 is 5.97 Å². The van der Waals surface area contributed by atoms with Crippen molar-refractivity contribution in [2.24, 2.45) is 5.41 Å². The van der Waals surface area contributed by atoms with Gasteiger partial charge in [0.15, 0.2) is 17.1 Å². The number of aromatic nitrogens is 1. The third-order valence-electron chi connectivity index (χ3n) is 5.71. The van der Waals surface area contributed by atoms with Crippen molar-refractivity contribution < 1.29 is 14.4 Å². The van der Waals surface area contributed by atoms with Crippen LogP contribution in [0.5, 0.6) is 0 Å². The highest BCUT2D eigenvalue weighted by Crippen LogP contribution is 2.43. The molecular weight excluding hydrogens is 318 g/mol. The number of hydrogen-bond acceptors (Lipinski definition) is 5. The lowest BCUT2D eigenvalue weighted by molar-refractivity contribution is 0.0697. The molecule has 2 fully saturated rings. The van der Waals surface area contributed by atoms with Gasteiger partial charge < -0.3 is 19.4 Å². The summed E-state index contributed by atoms with van der Waals surface area (Å²) in [4.78, 5) is 16.4. The lowest BCUT2D eigenvalue weighted by Gasteiger charge is -2.37. The van der Waals surface area contributed by atoms with Gasteiger partial charge in [0.2, 0.25) is 0 Å². The molecule has 1 aromatic heterocycles. The molecule has 0 atom stereocenters. The van der Waals surface area contributed by atoms with Crippen molar-refractivity contribution in [3.8, 4) is 11.3 Å². The fourth-order valence-corrected chi connectivity index (χ4v) is 4.09. The van der Waals surface area contributed by atoms with E-state index in [1.54, 1.807) is 0 Å². The molecule has 0 amide bonds. The van der Waals surface area contributed by atoms with E-state index in [1.807, 2.05) is 30.3 Å². The minimum atomic E-state index is -0.987. The molecule has 6 nitrogen and oxygen atoms in total. The summed E-state index contributed by atoms with van der Waals surface area (Å²) >= 11 is 0. The molecule has 0 aliphatic carbocycles. The summed E-state index contributed by atoms with van der Waals surface area (Å²) in [6, 6.07) is 9.32. The van der Waals surface area contributed by atoms with Gasteiger partial charge in [-0.3, -0.25) is 0 Å². The van der Waals surface area contributed by atoms with Gasteiger partial charge in [-0.2, -0.15) is 0 Å². The summed E-state index contributed by atoms with van der Waals surface area (Å²) in [7, 11) is 2.16.